The molecule has 0 saturated heterocycles. The largest absolute Gasteiger partial charge is 1.00 e. The second-order valence-corrected chi connectivity index (χ2v) is 7.00. The second-order valence-electron chi connectivity index (χ2n) is 5.64. The number of hydrogen-bond donors (Lipinski definition) is 1. The third kappa shape index (κ3) is 4.84. The molecule has 0 bridgehead atoms. The molecule has 0 saturated carbocycles. The summed E-state index contributed by atoms with van der Waals surface area (Å²) in [5, 5.41) is 0.304. The molecule has 0 spiro atoms. The molecule has 0 radical (unpaired) electrons. The van der Waals surface area contributed by atoms with Crippen LogP contribution in [-0.2, 0) is 16.6 Å². The van der Waals surface area contributed by atoms with Crippen molar-refractivity contribution in [2.45, 2.75) is 24.8 Å². The first-order valence-corrected chi connectivity index (χ1v) is 9.28. The Morgan fingerprint density at radius 1 is 1.33 bits per heavy atom. The smallest absolute Gasteiger partial charge is 1.00 e. The number of halogens is 1. The molecule has 0 fully saturated rings. The van der Waals surface area contributed by atoms with E-state index in [4.69, 9.17) is 9.47 Å². The third-order valence-corrected chi connectivity index (χ3v) is 5.03. The molecule has 0 amide bonds. The molecule has 3 heterocycles. The fourth-order valence-corrected chi connectivity index (χ4v) is 3.60. The van der Waals surface area contributed by atoms with Gasteiger partial charge in [0, 0.05) is 17.3 Å². The average Bonchev–Trinajstić information content (AvgIpc) is 3.04. The van der Waals surface area contributed by atoms with Gasteiger partial charge in [-0.15, -0.1) is 0 Å². The molecule has 3 aromatic heterocycles. The number of nitrogens with one attached hydrogen (secondary N) is 1. The fraction of sp³-hybridized carbons (Fsp3) is 0.353. The number of aromatic nitrogens is 4. The first kappa shape index (κ1) is 21.7. The minimum atomic E-state index is -1.43. The Balaban J connectivity index is 0.00000196. The zero-order chi connectivity index (χ0) is 18.7. The average molecular weight is 402 g/mol. The molecule has 27 heavy (non-hydrogen) atoms. The van der Waals surface area contributed by atoms with Gasteiger partial charge in [-0.3, -0.25) is 9.19 Å². The van der Waals surface area contributed by atoms with E-state index in [1.165, 1.54) is 0 Å². The molecule has 1 unspecified atom stereocenters. The van der Waals surface area contributed by atoms with Crippen LogP contribution in [0.25, 0.3) is 11.2 Å². The van der Waals surface area contributed by atoms with Crippen LogP contribution >= 0.6 is 0 Å². The molecule has 140 valence electrons. The predicted octanol–water partition coefficient (Wildman–Crippen LogP) is -0.249. The van der Waals surface area contributed by atoms with E-state index >= 15 is 0 Å². The molecule has 10 heteroatoms. The number of pyridine rings is 2. The van der Waals surface area contributed by atoms with Crippen LogP contribution in [0.15, 0.2) is 23.5 Å². The van der Waals surface area contributed by atoms with Gasteiger partial charge in [0.2, 0.25) is 5.88 Å². The number of alkyl halides is 1. The van der Waals surface area contributed by atoms with E-state index in [2.05, 4.69) is 19.9 Å². The summed E-state index contributed by atoms with van der Waals surface area (Å²) in [6.45, 7) is 3.02. The van der Waals surface area contributed by atoms with Gasteiger partial charge in [0.25, 0.3) is 0 Å². The Labute approximate surface area is 182 Å². The van der Waals surface area contributed by atoms with Crippen LogP contribution in [0.1, 0.15) is 18.2 Å². The fourth-order valence-electron chi connectivity index (χ4n) is 2.51. The summed E-state index contributed by atoms with van der Waals surface area (Å²) in [4.78, 5) is 15.9. The number of aryl methyl sites for hydroxylation is 1. The minimum Gasteiger partial charge on any atom is -1.00 e. The number of fused-ring (bicyclic) bond motifs is 1. The zero-order valence-electron chi connectivity index (χ0n) is 16.7. The van der Waals surface area contributed by atoms with Crippen LogP contribution in [0.2, 0.25) is 0 Å². The van der Waals surface area contributed by atoms with Crippen molar-refractivity contribution in [3.63, 3.8) is 0 Å². The summed E-state index contributed by atoms with van der Waals surface area (Å²) in [7, 11) is 0.151. The van der Waals surface area contributed by atoms with E-state index in [1.807, 2.05) is 6.92 Å². The summed E-state index contributed by atoms with van der Waals surface area (Å²) >= 11 is 0. The maximum atomic E-state index is 12.7. The monoisotopic (exact) mass is 402 g/mol. The predicted molar refractivity (Wildman–Crippen MR) is 96.8 cm³/mol. The minimum absolute atomic E-state index is 0. The Morgan fingerprint density at radius 2 is 2.11 bits per heavy atom. The van der Waals surface area contributed by atoms with Crippen molar-refractivity contribution < 1.29 is 49.1 Å². The third-order valence-electron chi connectivity index (χ3n) is 3.87. The zero-order valence-corrected chi connectivity index (χ0v) is 18.5. The van der Waals surface area contributed by atoms with Crippen LogP contribution in [0.3, 0.4) is 0 Å². The Kier molecular flexibility index (Phi) is 7.72. The van der Waals surface area contributed by atoms with E-state index in [-0.39, 0.29) is 43.3 Å². The molecule has 3 aromatic rings. The van der Waals surface area contributed by atoms with Gasteiger partial charge < -0.3 is 15.9 Å². The van der Waals surface area contributed by atoms with Crippen LogP contribution in [-0.4, -0.2) is 44.5 Å². The maximum absolute atomic E-state index is 12.7. The number of hydrogen-bond acceptors (Lipinski definition) is 6. The van der Waals surface area contributed by atoms with Gasteiger partial charge in [0.15, 0.2) is 10.8 Å². The van der Waals surface area contributed by atoms with Crippen molar-refractivity contribution in [1.29, 1.82) is 0 Å². The molecule has 1 atom stereocenters. The van der Waals surface area contributed by atoms with Crippen molar-refractivity contribution >= 4 is 22.0 Å². The summed E-state index contributed by atoms with van der Waals surface area (Å²) in [5.74, 6) is 1.22. The molecule has 0 aliphatic carbocycles. The maximum Gasteiger partial charge on any atom is 1.00 e. The van der Waals surface area contributed by atoms with Crippen molar-refractivity contribution in [1.82, 2.24) is 19.9 Å². The van der Waals surface area contributed by atoms with Gasteiger partial charge in [-0.1, -0.05) is 0 Å². The number of nitrogens with zero attached hydrogens (tertiary/aromatic N) is 3. The van der Waals surface area contributed by atoms with Crippen molar-refractivity contribution in [2.75, 3.05) is 20.4 Å². The molecule has 0 aromatic carbocycles. The van der Waals surface area contributed by atoms with Gasteiger partial charge in [-0.2, -0.15) is 4.98 Å². The van der Waals surface area contributed by atoms with Gasteiger partial charge in [0.05, 0.1) is 34.9 Å². The topological polar surface area (TPSA) is 90.0 Å². The Bertz CT molecular complexity index is 973. The Morgan fingerprint density at radius 3 is 2.81 bits per heavy atom. The van der Waals surface area contributed by atoms with Crippen LogP contribution in [0.5, 0.6) is 11.6 Å². The molecule has 3 rings (SSSR count). The normalized spacial score (nSPS) is 11.9. The summed E-state index contributed by atoms with van der Waals surface area (Å²) < 4.78 is 35.5. The first-order valence-electron chi connectivity index (χ1n) is 7.96. The first-order chi connectivity index (χ1) is 12.5. The van der Waals surface area contributed by atoms with Crippen LogP contribution in [0.4, 0.5) is 4.39 Å². The van der Waals surface area contributed by atoms with E-state index in [0.29, 0.717) is 33.6 Å². The number of ether oxygens (including phenoxy) is 2. The molecule has 0 aliphatic rings. The summed E-state index contributed by atoms with van der Waals surface area (Å²) in [6, 6.07) is 3.55. The van der Waals surface area contributed by atoms with Gasteiger partial charge in [-0.05, 0) is 26.0 Å². The van der Waals surface area contributed by atoms with Crippen LogP contribution in [0, 0.1) is 13.8 Å². The second kappa shape index (κ2) is 9.59. The number of imidazole rings is 1. The van der Waals surface area contributed by atoms with Gasteiger partial charge >= 0.3 is 29.6 Å². The molecular formula is C17H20FN4NaO3S. The summed E-state index contributed by atoms with van der Waals surface area (Å²) in [5.41, 5.74) is 3.30. The summed E-state index contributed by atoms with van der Waals surface area (Å²) in [6.07, 6.45) is 1.62. The van der Waals surface area contributed by atoms with Crippen molar-refractivity contribution in [3.8, 4) is 11.6 Å². The van der Waals surface area contributed by atoms with Gasteiger partial charge in [0.1, 0.15) is 19.0 Å². The quantitative estimate of drug-likeness (QED) is 0.549. The van der Waals surface area contributed by atoms with E-state index in [9.17, 15) is 8.60 Å². The molecule has 1 N–H and O–H groups in total. The van der Waals surface area contributed by atoms with Crippen LogP contribution < -0.4 is 39.0 Å². The van der Waals surface area contributed by atoms with E-state index in [0.717, 1.165) is 11.1 Å². The van der Waals surface area contributed by atoms with Gasteiger partial charge in [-0.25, -0.2) is 9.37 Å². The van der Waals surface area contributed by atoms with Crippen molar-refractivity contribution in [3.05, 3.63) is 35.2 Å². The number of aromatic amines is 1. The number of methoxy groups -OCH3 is 1. The molecular weight excluding hydrogens is 382 g/mol. The Hall–Kier alpha value is -1.55. The standard InChI is InChI=1S/C17H19FN4O3S.Na.H/c1-10-8-12-15(21-16(10)25-7-5-18)22-17(20-12)26(23)9-13-11(2)14(24-3)4-6-19-13;;/h4,6,8H,5,7,9H2,1-3H3,(H,20,21,22);;/q;+1;-1. The molecule has 0 aliphatic heterocycles. The number of rotatable bonds is 7. The SMILES string of the molecule is COc1ccnc(CS(=O)c2nc3nc(OCCF)c(C)cc3[nH]2)c1C.[H-].[Na+]. The molecule has 7 nitrogen and oxygen atoms in total. The number of H-pyrrole nitrogens is 1. The van der Waals surface area contributed by atoms with E-state index in [1.54, 1.807) is 32.4 Å². The van der Waals surface area contributed by atoms with Crippen molar-refractivity contribution in [2.24, 2.45) is 0 Å². The van der Waals surface area contributed by atoms with E-state index < -0.39 is 17.5 Å².